The molecular formula is C26H34ClNO4S. The van der Waals surface area contributed by atoms with Gasteiger partial charge in [-0.15, -0.1) is 0 Å². The molecule has 2 aromatic carbocycles. The normalized spacial score (nSPS) is 20.2. The average Bonchev–Trinajstić information content (AvgIpc) is 2.93. The molecule has 0 N–H and O–H groups in total. The van der Waals surface area contributed by atoms with Gasteiger partial charge in [0.1, 0.15) is 11.5 Å². The quantitative estimate of drug-likeness (QED) is 0.279. The minimum Gasteiger partial charge on any atom is -0.611 e. The van der Waals surface area contributed by atoms with E-state index in [9.17, 15) is 9.35 Å². The van der Waals surface area contributed by atoms with Crippen LogP contribution in [0.2, 0.25) is 5.02 Å². The topological polar surface area (TPSA) is 61.8 Å². The van der Waals surface area contributed by atoms with Crippen LogP contribution in [-0.2, 0) is 20.7 Å². The highest BCUT2D eigenvalue weighted by Gasteiger charge is 2.41. The molecule has 1 aliphatic heterocycles. The largest absolute Gasteiger partial charge is 0.611 e. The zero-order valence-electron chi connectivity index (χ0n) is 19.8. The number of carbonyl (C=O) groups is 1. The predicted octanol–water partition coefficient (Wildman–Crippen LogP) is 6.52. The van der Waals surface area contributed by atoms with Crippen LogP contribution >= 0.6 is 11.6 Å². The van der Waals surface area contributed by atoms with Gasteiger partial charge in [-0.1, -0.05) is 56.5 Å². The average molecular weight is 492 g/mol. The van der Waals surface area contributed by atoms with Gasteiger partial charge in [0.05, 0.1) is 30.3 Å². The Labute approximate surface area is 205 Å². The van der Waals surface area contributed by atoms with Gasteiger partial charge in [0.15, 0.2) is 4.90 Å². The maximum atomic E-state index is 13.7. The van der Waals surface area contributed by atoms with Gasteiger partial charge in [0.25, 0.3) is 0 Å². The Balaban J connectivity index is 1.98. The first-order valence-corrected chi connectivity index (χ1v) is 13.5. The third-order valence-electron chi connectivity index (χ3n) is 6.23. The van der Waals surface area contributed by atoms with Crippen molar-refractivity contribution in [2.24, 2.45) is 5.41 Å². The molecule has 180 valence electrons. The number of rotatable bonds is 10. The fourth-order valence-electron chi connectivity index (χ4n) is 4.26. The van der Waals surface area contributed by atoms with Crippen LogP contribution in [0.25, 0.3) is 0 Å². The fourth-order valence-corrected chi connectivity index (χ4v) is 6.26. The minimum absolute atomic E-state index is 0.0624. The van der Waals surface area contributed by atoms with Crippen molar-refractivity contribution in [2.75, 3.05) is 30.4 Å². The zero-order valence-corrected chi connectivity index (χ0v) is 21.3. The van der Waals surface area contributed by atoms with Crippen molar-refractivity contribution in [3.63, 3.8) is 0 Å². The molecule has 1 heterocycles. The Hall–Kier alpha value is -1.89. The van der Waals surface area contributed by atoms with E-state index in [1.54, 1.807) is 13.0 Å². The van der Waals surface area contributed by atoms with Gasteiger partial charge in [-0.3, -0.25) is 4.79 Å². The van der Waals surface area contributed by atoms with Crippen molar-refractivity contribution in [1.29, 1.82) is 0 Å². The van der Waals surface area contributed by atoms with Crippen molar-refractivity contribution >= 4 is 40.1 Å². The summed E-state index contributed by atoms with van der Waals surface area (Å²) in [6.07, 6.45) is 4.33. The number of anilines is 2. The fraction of sp³-hybridized carbons (Fsp3) is 0.500. The van der Waals surface area contributed by atoms with Gasteiger partial charge < -0.3 is 18.9 Å². The monoisotopic (exact) mass is 491 g/mol. The standard InChI is InChI=1S/C26H34ClNO4S/c1-4-7-14-26(5-2)18-28(20-11-9-8-10-12-20)22-16-21(27)23(17-24(22)33(30)19-26)32-15-13-25(29)31-6-3/h8-12,16-17H,4-7,13-15,18-19H2,1-3H3. The lowest BCUT2D eigenvalue weighted by atomic mass is 9.81. The van der Waals surface area contributed by atoms with Gasteiger partial charge in [-0.25, -0.2) is 0 Å². The highest BCUT2D eigenvalue weighted by Crippen LogP contribution is 2.46. The first kappa shape index (κ1) is 25.7. The van der Waals surface area contributed by atoms with Crippen molar-refractivity contribution < 1.29 is 18.8 Å². The molecule has 2 unspecified atom stereocenters. The van der Waals surface area contributed by atoms with Crippen molar-refractivity contribution in [1.82, 2.24) is 0 Å². The maximum absolute atomic E-state index is 13.7. The van der Waals surface area contributed by atoms with E-state index in [0.29, 0.717) is 23.1 Å². The molecule has 0 amide bonds. The first-order valence-electron chi connectivity index (χ1n) is 11.8. The van der Waals surface area contributed by atoms with E-state index in [4.69, 9.17) is 21.1 Å². The number of unbranched alkanes of at least 4 members (excludes halogenated alkanes) is 1. The summed E-state index contributed by atoms with van der Waals surface area (Å²) in [5, 5.41) is 0.438. The second-order valence-corrected chi connectivity index (χ2v) is 10.3. The summed E-state index contributed by atoms with van der Waals surface area (Å²) >= 11 is 5.41. The molecule has 2 aromatic rings. The predicted molar refractivity (Wildman–Crippen MR) is 135 cm³/mol. The van der Waals surface area contributed by atoms with E-state index in [1.165, 1.54) is 0 Å². The number of fused-ring (bicyclic) bond motifs is 1. The SMILES string of the molecule is CCCCC1(CC)CN(c2ccccc2)c2cc(Cl)c(OCCC(=O)OCC)cc2[S+]([O-])C1. The molecule has 0 spiro atoms. The van der Waals surface area contributed by atoms with Gasteiger partial charge >= 0.3 is 5.97 Å². The summed E-state index contributed by atoms with van der Waals surface area (Å²) in [6.45, 7) is 7.44. The van der Waals surface area contributed by atoms with Crippen molar-refractivity contribution in [2.45, 2.75) is 57.8 Å². The first-order chi connectivity index (χ1) is 15.9. The summed E-state index contributed by atoms with van der Waals surface area (Å²) in [6, 6.07) is 13.8. The number of esters is 1. The van der Waals surface area contributed by atoms with E-state index >= 15 is 0 Å². The molecular weight excluding hydrogens is 458 g/mol. The highest BCUT2D eigenvalue weighted by molar-refractivity contribution is 7.91. The molecule has 0 radical (unpaired) electrons. The minimum atomic E-state index is -1.21. The molecule has 33 heavy (non-hydrogen) atoms. The van der Waals surface area contributed by atoms with Crippen LogP contribution < -0.4 is 9.64 Å². The van der Waals surface area contributed by atoms with Gasteiger partial charge in [-0.05, 0) is 49.1 Å². The van der Waals surface area contributed by atoms with Crippen LogP contribution in [0.4, 0.5) is 11.4 Å². The smallest absolute Gasteiger partial charge is 0.309 e. The van der Waals surface area contributed by atoms with Crippen molar-refractivity contribution in [3.05, 3.63) is 47.5 Å². The lowest BCUT2D eigenvalue weighted by molar-refractivity contribution is -0.143. The van der Waals surface area contributed by atoms with E-state index in [0.717, 1.165) is 48.5 Å². The van der Waals surface area contributed by atoms with Crippen molar-refractivity contribution in [3.8, 4) is 5.75 Å². The molecule has 0 aliphatic carbocycles. The molecule has 2 atom stereocenters. The summed E-state index contributed by atoms with van der Waals surface area (Å²) < 4.78 is 24.4. The van der Waals surface area contributed by atoms with Crippen LogP contribution in [0.5, 0.6) is 5.75 Å². The second kappa shape index (κ2) is 12.0. The van der Waals surface area contributed by atoms with Crippen LogP contribution in [0.15, 0.2) is 47.4 Å². The molecule has 3 rings (SSSR count). The molecule has 5 nitrogen and oxygen atoms in total. The number of nitrogens with zero attached hydrogens (tertiary/aromatic N) is 1. The van der Waals surface area contributed by atoms with Gasteiger partial charge in [0.2, 0.25) is 0 Å². The summed E-state index contributed by atoms with van der Waals surface area (Å²) in [5.41, 5.74) is 1.85. The number of ether oxygens (including phenoxy) is 2. The molecule has 7 heteroatoms. The number of para-hydroxylation sites is 1. The molecule has 1 aliphatic rings. The van der Waals surface area contributed by atoms with Crippen LogP contribution in [0.3, 0.4) is 0 Å². The third-order valence-corrected chi connectivity index (χ3v) is 8.22. The number of benzene rings is 2. The van der Waals surface area contributed by atoms with E-state index < -0.39 is 11.2 Å². The number of carbonyl (C=O) groups excluding carboxylic acids is 1. The van der Waals surface area contributed by atoms with Gasteiger partial charge in [-0.2, -0.15) is 0 Å². The lowest BCUT2D eigenvalue weighted by Gasteiger charge is -2.35. The Morgan fingerprint density at radius 2 is 1.97 bits per heavy atom. The molecule has 0 saturated heterocycles. The molecule has 0 aromatic heterocycles. The van der Waals surface area contributed by atoms with Crippen LogP contribution in [0.1, 0.15) is 52.9 Å². The van der Waals surface area contributed by atoms with Crippen LogP contribution in [0, 0.1) is 5.41 Å². The van der Waals surface area contributed by atoms with E-state index in [-0.39, 0.29) is 24.4 Å². The van der Waals surface area contributed by atoms with E-state index in [1.807, 2.05) is 24.3 Å². The Bertz CT molecular complexity index is 926. The zero-order chi connectivity index (χ0) is 23.8. The lowest BCUT2D eigenvalue weighted by Crippen LogP contribution is -2.37. The Morgan fingerprint density at radius 1 is 1.21 bits per heavy atom. The number of hydrogen-bond donors (Lipinski definition) is 0. The number of halogens is 1. The summed E-state index contributed by atoms with van der Waals surface area (Å²) in [4.78, 5) is 14.6. The second-order valence-electron chi connectivity index (χ2n) is 8.52. The highest BCUT2D eigenvalue weighted by atomic mass is 35.5. The third kappa shape index (κ3) is 6.37. The number of hydrogen-bond acceptors (Lipinski definition) is 5. The van der Waals surface area contributed by atoms with Crippen LogP contribution in [-0.4, -0.2) is 36.0 Å². The Kier molecular flexibility index (Phi) is 9.36. The molecule has 0 bridgehead atoms. The molecule has 0 fully saturated rings. The van der Waals surface area contributed by atoms with E-state index in [2.05, 4.69) is 30.9 Å². The maximum Gasteiger partial charge on any atom is 0.309 e. The molecule has 0 saturated carbocycles. The Morgan fingerprint density at radius 3 is 2.64 bits per heavy atom. The summed E-state index contributed by atoms with van der Waals surface area (Å²) in [7, 11) is 0. The summed E-state index contributed by atoms with van der Waals surface area (Å²) in [5.74, 6) is 0.730. The van der Waals surface area contributed by atoms with Gasteiger partial charge in [0, 0.05) is 23.7 Å².